The van der Waals surface area contributed by atoms with E-state index in [2.05, 4.69) is 4.72 Å². The van der Waals surface area contributed by atoms with Gasteiger partial charge in [-0.2, -0.15) is 0 Å². The maximum atomic E-state index is 12.6. The van der Waals surface area contributed by atoms with Crippen LogP contribution in [0.5, 0.6) is 0 Å². The van der Waals surface area contributed by atoms with Crippen molar-refractivity contribution in [2.45, 2.75) is 62.3 Å². The lowest BCUT2D eigenvalue weighted by Crippen LogP contribution is -2.33. The highest BCUT2D eigenvalue weighted by Gasteiger charge is 2.23. The summed E-state index contributed by atoms with van der Waals surface area (Å²) in [4.78, 5) is 14.7. The predicted octanol–water partition coefficient (Wildman–Crippen LogP) is 2.92. The third-order valence-corrected chi connectivity index (χ3v) is 6.52. The number of benzene rings is 1. The van der Waals surface area contributed by atoms with Crippen LogP contribution in [-0.2, 0) is 10.0 Å². The quantitative estimate of drug-likeness (QED) is 0.908. The van der Waals surface area contributed by atoms with E-state index in [1.807, 2.05) is 4.90 Å². The molecular weight excluding hydrogens is 324 g/mol. The Hall–Kier alpha value is -1.40. The molecule has 1 saturated heterocycles. The van der Waals surface area contributed by atoms with Crippen LogP contribution in [0.15, 0.2) is 29.2 Å². The zero-order valence-corrected chi connectivity index (χ0v) is 14.9. The summed E-state index contributed by atoms with van der Waals surface area (Å²) < 4.78 is 27.6. The van der Waals surface area contributed by atoms with Crippen molar-refractivity contribution in [2.24, 2.45) is 0 Å². The van der Waals surface area contributed by atoms with Gasteiger partial charge in [0.15, 0.2) is 0 Å². The van der Waals surface area contributed by atoms with Gasteiger partial charge in [-0.3, -0.25) is 4.79 Å². The lowest BCUT2D eigenvalue weighted by atomic mass is 10.2. The van der Waals surface area contributed by atoms with E-state index in [1.54, 1.807) is 24.3 Å². The van der Waals surface area contributed by atoms with Crippen LogP contribution in [0.4, 0.5) is 0 Å². The second-order valence-electron chi connectivity index (χ2n) is 6.83. The largest absolute Gasteiger partial charge is 0.339 e. The molecule has 0 bridgehead atoms. The van der Waals surface area contributed by atoms with Crippen LogP contribution in [0.3, 0.4) is 0 Å². The molecular formula is C18H26N2O3S. The normalized spacial score (nSPS) is 20.1. The molecule has 1 saturated carbocycles. The Labute approximate surface area is 144 Å². The average Bonchev–Trinajstić information content (AvgIpc) is 2.93. The lowest BCUT2D eigenvalue weighted by molar-refractivity contribution is 0.0761. The maximum Gasteiger partial charge on any atom is 0.253 e. The number of carbonyl (C=O) groups excluding carboxylic acids is 1. The van der Waals surface area contributed by atoms with Crippen molar-refractivity contribution < 1.29 is 13.2 Å². The number of rotatable bonds is 4. The maximum absolute atomic E-state index is 12.6. The van der Waals surface area contributed by atoms with Crippen LogP contribution in [0, 0.1) is 0 Å². The van der Waals surface area contributed by atoms with Crippen LogP contribution in [-0.4, -0.2) is 38.4 Å². The van der Waals surface area contributed by atoms with Gasteiger partial charge < -0.3 is 4.90 Å². The number of nitrogens with one attached hydrogen (secondary N) is 1. The van der Waals surface area contributed by atoms with Gasteiger partial charge in [-0.05, 0) is 49.9 Å². The number of hydrogen-bond donors (Lipinski definition) is 1. The molecule has 1 aromatic carbocycles. The molecule has 0 atom stereocenters. The first-order chi connectivity index (χ1) is 11.6. The van der Waals surface area contributed by atoms with E-state index in [0.717, 1.165) is 51.6 Å². The van der Waals surface area contributed by atoms with Gasteiger partial charge in [0, 0.05) is 24.7 Å². The second kappa shape index (κ2) is 7.66. The summed E-state index contributed by atoms with van der Waals surface area (Å²) in [5.74, 6) is 0.00426. The van der Waals surface area contributed by atoms with Crippen molar-refractivity contribution >= 4 is 15.9 Å². The molecule has 0 radical (unpaired) electrons. The van der Waals surface area contributed by atoms with Gasteiger partial charge in [0.05, 0.1) is 4.90 Å². The zero-order valence-electron chi connectivity index (χ0n) is 14.0. The Balaban J connectivity index is 1.68. The van der Waals surface area contributed by atoms with Crippen molar-refractivity contribution in [3.8, 4) is 0 Å². The second-order valence-corrected chi connectivity index (χ2v) is 8.55. The van der Waals surface area contributed by atoms with Gasteiger partial charge in [0.25, 0.3) is 5.91 Å². The molecule has 2 fully saturated rings. The summed E-state index contributed by atoms with van der Waals surface area (Å²) in [6.45, 7) is 1.59. The molecule has 5 nitrogen and oxygen atoms in total. The first-order valence-electron chi connectivity index (χ1n) is 8.98. The molecule has 1 heterocycles. The van der Waals surface area contributed by atoms with Gasteiger partial charge in [-0.25, -0.2) is 13.1 Å². The Morgan fingerprint density at radius 2 is 1.50 bits per heavy atom. The summed E-state index contributed by atoms with van der Waals surface area (Å²) in [7, 11) is -3.49. The number of likely N-dealkylation sites (tertiary alicyclic amines) is 1. The highest BCUT2D eigenvalue weighted by molar-refractivity contribution is 7.89. The molecule has 1 aliphatic carbocycles. The smallest absolute Gasteiger partial charge is 0.253 e. The molecule has 24 heavy (non-hydrogen) atoms. The van der Waals surface area contributed by atoms with E-state index in [-0.39, 0.29) is 16.8 Å². The third-order valence-electron chi connectivity index (χ3n) is 4.98. The highest BCUT2D eigenvalue weighted by Crippen LogP contribution is 2.21. The number of carbonyl (C=O) groups is 1. The zero-order chi connectivity index (χ0) is 17.0. The van der Waals surface area contributed by atoms with E-state index in [1.165, 1.54) is 12.8 Å². The summed E-state index contributed by atoms with van der Waals surface area (Å²) in [6.07, 6.45) is 8.41. The molecule has 1 N–H and O–H groups in total. The molecule has 2 aliphatic rings. The molecule has 1 aliphatic heterocycles. The van der Waals surface area contributed by atoms with Crippen LogP contribution in [0.25, 0.3) is 0 Å². The number of amides is 1. The van der Waals surface area contributed by atoms with Gasteiger partial charge in [0.1, 0.15) is 0 Å². The number of sulfonamides is 1. The van der Waals surface area contributed by atoms with Gasteiger partial charge >= 0.3 is 0 Å². The van der Waals surface area contributed by atoms with Gasteiger partial charge in [0.2, 0.25) is 10.0 Å². The van der Waals surface area contributed by atoms with Crippen molar-refractivity contribution in [3.63, 3.8) is 0 Å². The molecule has 1 aromatic rings. The van der Waals surface area contributed by atoms with Crippen molar-refractivity contribution in [1.29, 1.82) is 0 Å². The Kier molecular flexibility index (Phi) is 5.56. The number of nitrogens with zero attached hydrogens (tertiary/aromatic N) is 1. The highest BCUT2D eigenvalue weighted by atomic mass is 32.2. The van der Waals surface area contributed by atoms with E-state index in [4.69, 9.17) is 0 Å². The SMILES string of the molecule is O=C(c1ccc(S(=O)(=O)NC2CCCC2)cc1)N1CCCCCC1. The topological polar surface area (TPSA) is 66.5 Å². The van der Waals surface area contributed by atoms with Crippen molar-refractivity contribution in [3.05, 3.63) is 29.8 Å². The standard InChI is InChI=1S/C18H26N2O3S/c21-18(20-13-5-1-2-6-14-20)15-9-11-17(12-10-15)24(22,23)19-16-7-3-4-8-16/h9-12,16,19H,1-8,13-14H2. The van der Waals surface area contributed by atoms with Crippen molar-refractivity contribution in [2.75, 3.05) is 13.1 Å². The minimum absolute atomic E-state index is 0.00426. The Morgan fingerprint density at radius 3 is 2.08 bits per heavy atom. The van der Waals surface area contributed by atoms with Gasteiger partial charge in [-0.15, -0.1) is 0 Å². The molecule has 0 unspecified atom stereocenters. The van der Waals surface area contributed by atoms with E-state index in [0.29, 0.717) is 5.56 Å². The van der Waals surface area contributed by atoms with Crippen LogP contribution in [0.2, 0.25) is 0 Å². The minimum atomic E-state index is -3.49. The molecule has 1 amide bonds. The summed E-state index contributed by atoms with van der Waals surface area (Å²) in [5.41, 5.74) is 0.566. The predicted molar refractivity (Wildman–Crippen MR) is 93.4 cm³/mol. The fourth-order valence-electron chi connectivity index (χ4n) is 3.56. The van der Waals surface area contributed by atoms with Gasteiger partial charge in [-0.1, -0.05) is 25.7 Å². The summed E-state index contributed by atoms with van der Waals surface area (Å²) >= 11 is 0. The molecule has 132 valence electrons. The monoisotopic (exact) mass is 350 g/mol. The lowest BCUT2D eigenvalue weighted by Gasteiger charge is -2.20. The number of hydrogen-bond acceptors (Lipinski definition) is 3. The molecule has 0 spiro atoms. The first kappa shape index (κ1) is 17.4. The van der Waals surface area contributed by atoms with E-state index >= 15 is 0 Å². The molecule has 0 aromatic heterocycles. The fraction of sp³-hybridized carbons (Fsp3) is 0.611. The fourth-order valence-corrected chi connectivity index (χ4v) is 4.87. The summed E-state index contributed by atoms with van der Waals surface area (Å²) in [5, 5.41) is 0. The van der Waals surface area contributed by atoms with Crippen LogP contribution in [0.1, 0.15) is 61.7 Å². The third kappa shape index (κ3) is 4.16. The van der Waals surface area contributed by atoms with Crippen molar-refractivity contribution in [1.82, 2.24) is 9.62 Å². The van der Waals surface area contributed by atoms with E-state index < -0.39 is 10.0 Å². The molecule has 6 heteroatoms. The van der Waals surface area contributed by atoms with Crippen LogP contribution < -0.4 is 4.72 Å². The summed E-state index contributed by atoms with van der Waals surface area (Å²) in [6, 6.07) is 6.41. The van der Waals surface area contributed by atoms with Crippen LogP contribution >= 0.6 is 0 Å². The first-order valence-corrected chi connectivity index (χ1v) is 10.5. The molecule has 3 rings (SSSR count). The van der Waals surface area contributed by atoms with E-state index in [9.17, 15) is 13.2 Å². The average molecular weight is 350 g/mol. The minimum Gasteiger partial charge on any atom is -0.339 e. The Morgan fingerprint density at radius 1 is 0.917 bits per heavy atom. The Bertz CT molecular complexity index is 656.